The zero-order valence-corrected chi connectivity index (χ0v) is 23.9. The van der Waals surface area contributed by atoms with Crippen LogP contribution in [-0.4, -0.2) is 51.1 Å². The van der Waals surface area contributed by atoms with E-state index in [-0.39, 0.29) is 19.0 Å². The maximum absolute atomic E-state index is 14.0. The number of primary amides is 1. The SMILES string of the molecule is CC1(c2ccccc2)C(=O)N(Cc2ccc3ccc(C=NN)cc3c2)C(=O)N1Cc1cccc(C(N)=O)c1.O=C(O)C(F)(F)F. The van der Waals surface area contributed by atoms with Crippen molar-refractivity contribution in [1.82, 2.24) is 9.80 Å². The number of nitrogens with zero attached hydrogens (tertiary/aromatic N) is 3. The van der Waals surface area contributed by atoms with Crippen molar-refractivity contribution in [3.05, 3.63) is 119 Å². The number of urea groups is 1. The number of imide groups is 1. The predicted octanol–water partition coefficient (Wildman–Crippen LogP) is 4.74. The fraction of sp³-hybridized carbons (Fsp3) is 0.156. The van der Waals surface area contributed by atoms with E-state index in [0.717, 1.165) is 21.9 Å². The number of halogens is 3. The third-order valence-corrected chi connectivity index (χ3v) is 7.29. The van der Waals surface area contributed by atoms with Crippen molar-refractivity contribution in [2.24, 2.45) is 16.7 Å². The van der Waals surface area contributed by atoms with Gasteiger partial charge in [-0.15, -0.1) is 0 Å². The predicted molar refractivity (Wildman–Crippen MR) is 160 cm³/mol. The largest absolute Gasteiger partial charge is 0.490 e. The number of carbonyl (C=O) groups excluding carboxylic acids is 3. The van der Waals surface area contributed by atoms with E-state index >= 15 is 0 Å². The summed E-state index contributed by atoms with van der Waals surface area (Å²) in [4.78, 5) is 51.3. The Balaban J connectivity index is 0.000000591. The van der Waals surface area contributed by atoms with E-state index in [0.29, 0.717) is 16.7 Å². The van der Waals surface area contributed by atoms with Crippen LogP contribution in [0.4, 0.5) is 18.0 Å². The standard InChI is InChI=1S/C30H27N5O3.C2HF3O2/c1-30(26-8-3-2-4-9-26)28(37)34(29(38)35(30)19-21-6-5-7-24(15-21)27(31)36)18-22-11-13-23-12-10-20(17-33-32)14-25(23)16-22;3-2(4,5)1(6)7/h2-17H,18-19,32H2,1H3,(H2,31,36);(H,6,7). The summed E-state index contributed by atoms with van der Waals surface area (Å²) in [5, 5.41) is 12.7. The van der Waals surface area contributed by atoms with Crippen molar-refractivity contribution in [1.29, 1.82) is 0 Å². The highest BCUT2D eigenvalue weighted by atomic mass is 19.4. The molecule has 45 heavy (non-hydrogen) atoms. The molecule has 1 aliphatic rings. The summed E-state index contributed by atoms with van der Waals surface area (Å²) < 4.78 is 31.7. The van der Waals surface area contributed by atoms with Gasteiger partial charge in [-0.3, -0.25) is 14.5 Å². The maximum Gasteiger partial charge on any atom is 0.490 e. The molecule has 1 fully saturated rings. The van der Waals surface area contributed by atoms with Gasteiger partial charge in [0.15, 0.2) is 0 Å². The number of hydrazone groups is 1. The Bertz CT molecular complexity index is 1800. The minimum atomic E-state index is -5.08. The van der Waals surface area contributed by atoms with Crippen molar-refractivity contribution in [3.63, 3.8) is 0 Å². The second-order valence-electron chi connectivity index (χ2n) is 10.3. The number of nitrogens with two attached hydrogens (primary N) is 2. The number of carboxylic acids is 1. The van der Waals surface area contributed by atoms with Gasteiger partial charge >= 0.3 is 18.2 Å². The van der Waals surface area contributed by atoms with Crippen LogP contribution >= 0.6 is 0 Å². The quantitative estimate of drug-likeness (QED) is 0.117. The van der Waals surface area contributed by atoms with Crippen molar-refractivity contribution >= 4 is 40.8 Å². The van der Waals surface area contributed by atoms with Gasteiger partial charge < -0.3 is 21.6 Å². The first-order chi connectivity index (χ1) is 21.2. The number of rotatable bonds is 7. The van der Waals surface area contributed by atoms with E-state index in [2.05, 4.69) is 5.10 Å². The number of alkyl halides is 3. The number of hydrogen-bond donors (Lipinski definition) is 3. The summed E-state index contributed by atoms with van der Waals surface area (Å²) in [5.74, 6) is 1.67. The Morgan fingerprint density at radius 3 is 2.16 bits per heavy atom. The third-order valence-electron chi connectivity index (χ3n) is 7.29. The molecule has 1 atom stereocenters. The molecule has 5 N–H and O–H groups in total. The van der Waals surface area contributed by atoms with Gasteiger partial charge in [-0.2, -0.15) is 18.3 Å². The van der Waals surface area contributed by atoms with Gasteiger partial charge in [-0.1, -0.05) is 66.7 Å². The van der Waals surface area contributed by atoms with Gasteiger partial charge in [0.25, 0.3) is 5.91 Å². The van der Waals surface area contributed by atoms with E-state index in [1.807, 2.05) is 72.8 Å². The lowest BCUT2D eigenvalue weighted by atomic mass is 9.90. The van der Waals surface area contributed by atoms with E-state index in [4.69, 9.17) is 21.5 Å². The Kier molecular flexibility index (Phi) is 9.21. The van der Waals surface area contributed by atoms with E-state index in [9.17, 15) is 27.6 Å². The summed E-state index contributed by atoms with van der Waals surface area (Å²) in [5.41, 5.74) is 7.64. The lowest BCUT2D eigenvalue weighted by Gasteiger charge is -2.32. The molecule has 10 nitrogen and oxygen atoms in total. The highest BCUT2D eigenvalue weighted by molar-refractivity contribution is 6.07. The molecule has 0 bridgehead atoms. The summed E-state index contributed by atoms with van der Waals surface area (Å²) >= 11 is 0. The smallest absolute Gasteiger partial charge is 0.475 e. The molecule has 0 saturated carbocycles. The fourth-order valence-electron chi connectivity index (χ4n) is 4.98. The Morgan fingerprint density at radius 2 is 1.53 bits per heavy atom. The number of benzene rings is 4. The third kappa shape index (κ3) is 6.93. The Hall–Kier alpha value is -5.72. The number of fused-ring (bicyclic) bond motifs is 1. The monoisotopic (exact) mass is 619 g/mol. The minimum Gasteiger partial charge on any atom is -0.475 e. The van der Waals surface area contributed by atoms with Crippen LogP contribution in [0.2, 0.25) is 0 Å². The lowest BCUT2D eigenvalue weighted by molar-refractivity contribution is -0.192. The van der Waals surface area contributed by atoms with E-state index in [1.54, 1.807) is 36.2 Å². The minimum absolute atomic E-state index is 0.114. The first-order valence-electron chi connectivity index (χ1n) is 13.4. The highest BCUT2D eigenvalue weighted by Gasteiger charge is 2.55. The molecule has 1 unspecified atom stereocenters. The van der Waals surface area contributed by atoms with E-state index < -0.39 is 29.6 Å². The van der Waals surface area contributed by atoms with Crippen LogP contribution in [0.1, 0.15) is 39.5 Å². The number of carbonyl (C=O) groups is 4. The maximum atomic E-state index is 14.0. The van der Waals surface area contributed by atoms with Crippen molar-refractivity contribution < 1.29 is 37.5 Å². The normalized spacial score (nSPS) is 16.6. The van der Waals surface area contributed by atoms with Crippen LogP contribution in [0.3, 0.4) is 0 Å². The average molecular weight is 620 g/mol. The number of hydrogen-bond acceptors (Lipinski definition) is 6. The van der Waals surface area contributed by atoms with Crippen LogP contribution in [0.5, 0.6) is 0 Å². The highest BCUT2D eigenvalue weighted by Crippen LogP contribution is 2.39. The van der Waals surface area contributed by atoms with Gasteiger partial charge in [0.1, 0.15) is 5.54 Å². The molecule has 4 aromatic carbocycles. The van der Waals surface area contributed by atoms with Gasteiger partial charge in [0.05, 0.1) is 12.8 Å². The molecule has 1 saturated heterocycles. The van der Waals surface area contributed by atoms with Crippen LogP contribution in [0.25, 0.3) is 10.8 Å². The second-order valence-corrected chi connectivity index (χ2v) is 10.3. The molecule has 5 rings (SSSR count). The van der Waals surface area contributed by atoms with E-state index in [1.165, 1.54) is 4.90 Å². The lowest BCUT2D eigenvalue weighted by Crippen LogP contribution is -2.43. The summed E-state index contributed by atoms with van der Waals surface area (Å²) in [6.07, 6.45) is -3.52. The fourth-order valence-corrected chi connectivity index (χ4v) is 4.98. The van der Waals surface area contributed by atoms with Crippen LogP contribution in [0, 0.1) is 0 Å². The zero-order valence-electron chi connectivity index (χ0n) is 23.9. The molecule has 13 heteroatoms. The summed E-state index contributed by atoms with van der Waals surface area (Å²) in [6, 6.07) is 27.3. The van der Waals surface area contributed by atoms with Crippen LogP contribution in [-0.2, 0) is 28.2 Å². The van der Waals surface area contributed by atoms with Gasteiger partial charge in [0, 0.05) is 12.1 Å². The number of aliphatic carboxylic acids is 1. The van der Waals surface area contributed by atoms with Crippen LogP contribution in [0.15, 0.2) is 96.1 Å². The molecule has 232 valence electrons. The molecule has 0 aromatic heterocycles. The zero-order chi connectivity index (χ0) is 32.9. The molecule has 0 aliphatic carbocycles. The second kappa shape index (κ2) is 12.9. The Morgan fingerprint density at radius 1 is 0.889 bits per heavy atom. The average Bonchev–Trinajstić information content (AvgIpc) is 3.18. The molecule has 0 radical (unpaired) electrons. The molecule has 1 heterocycles. The Labute approximate surface area is 255 Å². The summed E-state index contributed by atoms with van der Waals surface area (Å²) in [7, 11) is 0. The van der Waals surface area contributed by atoms with Gasteiger partial charge in [-0.25, -0.2) is 9.59 Å². The van der Waals surface area contributed by atoms with Crippen molar-refractivity contribution in [2.45, 2.75) is 31.7 Å². The summed E-state index contributed by atoms with van der Waals surface area (Å²) in [6.45, 7) is 2.01. The van der Waals surface area contributed by atoms with Gasteiger partial charge in [-0.05, 0) is 64.2 Å². The molecule has 4 aromatic rings. The molecule has 0 spiro atoms. The van der Waals surface area contributed by atoms with Gasteiger partial charge in [0.2, 0.25) is 5.91 Å². The molecular formula is C32H28F3N5O5. The molecule has 4 amide bonds. The molecule has 1 aliphatic heterocycles. The number of carboxylic acid groups (broad SMARTS) is 1. The first-order valence-corrected chi connectivity index (χ1v) is 13.4. The molecular weight excluding hydrogens is 591 g/mol. The first kappa shape index (κ1) is 32.2. The number of amides is 4. The topological polar surface area (TPSA) is 159 Å². The van der Waals surface area contributed by atoms with Crippen molar-refractivity contribution in [3.8, 4) is 0 Å². The van der Waals surface area contributed by atoms with Crippen molar-refractivity contribution in [2.75, 3.05) is 0 Å². The van der Waals surface area contributed by atoms with Crippen LogP contribution < -0.4 is 11.6 Å².